The lowest BCUT2D eigenvalue weighted by Crippen LogP contribution is -2.75. The molecule has 4 heterocycles. The van der Waals surface area contributed by atoms with Gasteiger partial charge in [0.2, 0.25) is 5.91 Å². The number of nitrogens with one attached hydrogen (secondary N) is 1. The van der Waals surface area contributed by atoms with E-state index >= 15 is 0 Å². The summed E-state index contributed by atoms with van der Waals surface area (Å²) in [6, 6.07) is 1.86. The van der Waals surface area contributed by atoms with Gasteiger partial charge in [0.1, 0.15) is 6.61 Å². The minimum absolute atomic E-state index is 0.00900. The van der Waals surface area contributed by atoms with E-state index in [9.17, 15) is 9.59 Å². The Labute approximate surface area is 167 Å². The van der Waals surface area contributed by atoms with Crippen molar-refractivity contribution in [2.45, 2.75) is 31.4 Å². The molecule has 1 N–H and O–H groups in total. The van der Waals surface area contributed by atoms with Gasteiger partial charge in [-0.3, -0.25) is 4.79 Å². The summed E-state index contributed by atoms with van der Waals surface area (Å²) in [6.45, 7) is 6.41. The smallest absolute Gasteiger partial charge is 0.320 e. The van der Waals surface area contributed by atoms with Crippen molar-refractivity contribution in [3.63, 3.8) is 0 Å². The molecule has 3 aliphatic rings. The van der Waals surface area contributed by atoms with Crippen molar-refractivity contribution in [2.75, 3.05) is 32.8 Å². The molecule has 3 aliphatic heterocycles. The van der Waals surface area contributed by atoms with E-state index in [4.69, 9.17) is 16.3 Å². The fourth-order valence-corrected chi connectivity index (χ4v) is 4.69. The van der Waals surface area contributed by atoms with Gasteiger partial charge in [-0.05, 0) is 26.3 Å². The lowest BCUT2D eigenvalue weighted by atomic mass is 9.75. The van der Waals surface area contributed by atoms with E-state index < -0.39 is 11.1 Å². The van der Waals surface area contributed by atoms with Crippen LogP contribution in [0.4, 0.5) is 4.79 Å². The Morgan fingerprint density at radius 2 is 2.19 bits per heavy atom. The number of piperidine rings is 1. The van der Waals surface area contributed by atoms with E-state index in [-0.39, 0.29) is 24.5 Å². The number of carbonyl (C=O) groups is 2. The number of thiophene rings is 1. The molecule has 2 atom stereocenters. The highest BCUT2D eigenvalue weighted by Crippen LogP contribution is 2.37. The number of hydrogen-bond donors (Lipinski definition) is 1. The van der Waals surface area contributed by atoms with Crippen molar-refractivity contribution in [3.05, 3.63) is 21.3 Å². The molecule has 0 aliphatic carbocycles. The number of nitrogens with zero attached hydrogens (tertiary/aromatic N) is 2. The van der Waals surface area contributed by atoms with Crippen LogP contribution in [-0.4, -0.2) is 65.7 Å². The molecule has 144 valence electrons. The van der Waals surface area contributed by atoms with Crippen molar-refractivity contribution in [1.29, 1.82) is 0 Å². The van der Waals surface area contributed by atoms with Crippen LogP contribution in [0.3, 0.4) is 0 Å². The zero-order valence-corrected chi connectivity index (χ0v) is 17.0. The van der Waals surface area contributed by atoms with Crippen LogP contribution in [0.5, 0.6) is 0 Å². The summed E-state index contributed by atoms with van der Waals surface area (Å²) in [6.07, 6.45) is 0.700. The molecule has 8 heteroatoms. The summed E-state index contributed by atoms with van der Waals surface area (Å²) in [5.74, 6) is 6.39. The normalized spacial score (nSPS) is 30.7. The van der Waals surface area contributed by atoms with E-state index in [1.54, 1.807) is 0 Å². The number of carbonyl (C=O) groups excluding carboxylic acids is 2. The number of halogens is 1. The van der Waals surface area contributed by atoms with Gasteiger partial charge in [0.25, 0.3) is 0 Å². The van der Waals surface area contributed by atoms with E-state index in [2.05, 4.69) is 17.2 Å². The summed E-state index contributed by atoms with van der Waals surface area (Å²) < 4.78 is 6.55. The SMILES string of the molecule is C[C@@]12CN(C(=O)N3CC(C#Cc4csc(Cl)c4)C3)CC[C@]1(C)OCC(=O)N2. The zero-order chi connectivity index (χ0) is 19.2. The molecule has 3 amide bonds. The standard InChI is InChI=1S/C19H22ClN3O3S/c1-18-12-22(6-5-19(18,2)26-10-16(24)21-18)17(25)23-8-14(9-23)4-3-13-7-15(20)27-11-13/h7,11,14H,5-6,8-10,12H2,1-2H3,(H,21,24)/t18-,19+/m1/s1. The van der Waals surface area contributed by atoms with Crippen LogP contribution < -0.4 is 5.32 Å². The van der Waals surface area contributed by atoms with E-state index in [0.29, 0.717) is 32.6 Å². The van der Waals surface area contributed by atoms with Gasteiger partial charge >= 0.3 is 6.03 Å². The Bertz CT molecular complexity index is 841. The molecule has 3 saturated heterocycles. The molecule has 0 radical (unpaired) electrons. The van der Waals surface area contributed by atoms with Gasteiger partial charge < -0.3 is 19.9 Å². The minimum Gasteiger partial charge on any atom is -0.363 e. The molecule has 0 saturated carbocycles. The molecule has 1 aromatic heterocycles. The van der Waals surface area contributed by atoms with Crippen molar-refractivity contribution in [2.24, 2.45) is 5.92 Å². The Morgan fingerprint density at radius 3 is 2.89 bits per heavy atom. The van der Waals surface area contributed by atoms with Gasteiger partial charge in [-0.2, -0.15) is 0 Å². The van der Waals surface area contributed by atoms with Crippen LogP contribution in [0.15, 0.2) is 11.4 Å². The molecular formula is C19H22ClN3O3S. The summed E-state index contributed by atoms with van der Waals surface area (Å²) in [5.41, 5.74) is -0.0906. The second-order valence-corrected chi connectivity index (χ2v) is 9.41. The second kappa shape index (κ2) is 6.69. The van der Waals surface area contributed by atoms with Crippen LogP contribution in [-0.2, 0) is 9.53 Å². The van der Waals surface area contributed by atoms with E-state index in [1.807, 2.05) is 35.1 Å². The molecule has 27 heavy (non-hydrogen) atoms. The monoisotopic (exact) mass is 407 g/mol. The van der Waals surface area contributed by atoms with Crippen molar-refractivity contribution in [1.82, 2.24) is 15.1 Å². The summed E-state index contributed by atoms with van der Waals surface area (Å²) in [7, 11) is 0. The number of hydrogen-bond acceptors (Lipinski definition) is 4. The molecule has 4 rings (SSSR count). The van der Waals surface area contributed by atoms with Crippen LogP contribution in [0.1, 0.15) is 25.8 Å². The molecule has 0 unspecified atom stereocenters. The highest BCUT2D eigenvalue weighted by molar-refractivity contribution is 7.14. The number of urea groups is 1. The predicted octanol–water partition coefficient (Wildman–Crippen LogP) is 2.17. The molecule has 0 spiro atoms. The quantitative estimate of drug-likeness (QED) is 0.670. The third-order valence-corrected chi connectivity index (χ3v) is 6.97. The number of likely N-dealkylation sites (tertiary alicyclic amines) is 2. The van der Waals surface area contributed by atoms with E-state index in [1.165, 1.54) is 11.3 Å². The lowest BCUT2D eigenvalue weighted by molar-refractivity contribution is -0.173. The Hall–Kier alpha value is -1.75. The highest BCUT2D eigenvalue weighted by atomic mass is 35.5. The second-order valence-electron chi connectivity index (χ2n) is 7.86. The van der Waals surface area contributed by atoms with Crippen molar-refractivity contribution >= 4 is 34.9 Å². The van der Waals surface area contributed by atoms with Crippen LogP contribution in [0, 0.1) is 17.8 Å². The fraction of sp³-hybridized carbons (Fsp3) is 0.579. The van der Waals surface area contributed by atoms with Crippen LogP contribution in [0.25, 0.3) is 0 Å². The van der Waals surface area contributed by atoms with Crippen LogP contribution in [0.2, 0.25) is 4.34 Å². The Kier molecular flexibility index (Phi) is 4.61. The molecular weight excluding hydrogens is 386 g/mol. The van der Waals surface area contributed by atoms with Gasteiger partial charge in [-0.15, -0.1) is 11.3 Å². The third kappa shape index (κ3) is 3.42. The number of morpholine rings is 1. The molecule has 1 aromatic rings. The number of ether oxygens (including phenoxy) is 1. The first-order chi connectivity index (χ1) is 12.8. The lowest BCUT2D eigenvalue weighted by Gasteiger charge is -2.56. The van der Waals surface area contributed by atoms with Gasteiger partial charge in [0, 0.05) is 37.1 Å². The average Bonchev–Trinajstić information content (AvgIpc) is 2.99. The third-order valence-electron chi connectivity index (χ3n) is 5.88. The maximum atomic E-state index is 12.8. The first-order valence-electron chi connectivity index (χ1n) is 9.02. The molecule has 6 nitrogen and oxygen atoms in total. The van der Waals surface area contributed by atoms with E-state index in [0.717, 1.165) is 9.90 Å². The summed E-state index contributed by atoms with van der Waals surface area (Å²) in [4.78, 5) is 28.3. The zero-order valence-electron chi connectivity index (χ0n) is 15.4. The predicted molar refractivity (Wildman–Crippen MR) is 104 cm³/mol. The van der Waals surface area contributed by atoms with Gasteiger partial charge in [-0.25, -0.2) is 4.79 Å². The average molecular weight is 408 g/mol. The van der Waals surface area contributed by atoms with Gasteiger partial charge in [0.05, 0.1) is 21.4 Å². The summed E-state index contributed by atoms with van der Waals surface area (Å²) in [5, 5.41) is 4.97. The Morgan fingerprint density at radius 1 is 1.41 bits per heavy atom. The Balaban J connectivity index is 1.35. The maximum absolute atomic E-state index is 12.8. The molecule has 3 fully saturated rings. The number of rotatable bonds is 0. The van der Waals surface area contributed by atoms with Crippen molar-refractivity contribution in [3.8, 4) is 11.8 Å². The van der Waals surface area contributed by atoms with Gasteiger partial charge in [0.15, 0.2) is 0 Å². The first kappa shape index (κ1) is 18.6. The molecule has 0 bridgehead atoms. The number of amides is 3. The number of fused-ring (bicyclic) bond motifs is 1. The van der Waals surface area contributed by atoms with Gasteiger partial charge in [-0.1, -0.05) is 23.4 Å². The van der Waals surface area contributed by atoms with Crippen LogP contribution >= 0.6 is 22.9 Å². The minimum atomic E-state index is -0.571. The summed E-state index contributed by atoms with van der Waals surface area (Å²) >= 11 is 7.38. The van der Waals surface area contributed by atoms with Crippen molar-refractivity contribution < 1.29 is 14.3 Å². The molecule has 0 aromatic carbocycles. The highest BCUT2D eigenvalue weighted by Gasteiger charge is 2.54. The largest absolute Gasteiger partial charge is 0.363 e. The maximum Gasteiger partial charge on any atom is 0.320 e. The first-order valence-corrected chi connectivity index (χ1v) is 10.3. The fourth-order valence-electron chi connectivity index (χ4n) is 3.87. The topological polar surface area (TPSA) is 61.9 Å².